The number of benzene rings is 1. The molecule has 0 bridgehead atoms. The molecule has 2 aromatic rings. The van der Waals surface area contributed by atoms with Crippen LogP contribution in [0.2, 0.25) is 0 Å². The Morgan fingerprint density at radius 1 is 1.17 bits per heavy atom. The van der Waals surface area contributed by atoms with Crippen LogP contribution in [0.15, 0.2) is 42.7 Å². The fourth-order valence-corrected chi connectivity index (χ4v) is 1.60. The minimum atomic E-state index is 0.0940. The number of hydrogen-bond acceptors (Lipinski definition) is 4. The van der Waals surface area contributed by atoms with Gasteiger partial charge in [-0.15, -0.1) is 0 Å². The second-order valence-electron chi connectivity index (χ2n) is 4.04. The van der Waals surface area contributed by atoms with Crippen LogP contribution >= 0.6 is 0 Å². The molecule has 1 heterocycles. The number of aromatic nitrogens is 2. The lowest BCUT2D eigenvalue weighted by Crippen LogP contribution is -2.08. The minimum absolute atomic E-state index is 0.0940. The van der Waals surface area contributed by atoms with E-state index in [1.54, 1.807) is 18.5 Å². The monoisotopic (exact) mass is 243 g/mol. The Hall–Kier alpha value is -1.94. The zero-order valence-electron chi connectivity index (χ0n) is 10.4. The molecule has 4 heteroatoms. The summed E-state index contributed by atoms with van der Waals surface area (Å²) in [5.74, 6) is 1.47. The first-order valence-electron chi connectivity index (χ1n) is 6.04. The van der Waals surface area contributed by atoms with Gasteiger partial charge in [0.1, 0.15) is 12.4 Å². The minimum Gasteiger partial charge on any atom is -0.486 e. The summed E-state index contributed by atoms with van der Waals surface area (Å²) in [5, 5.41) is 0. The van der Waals surface area contributed by atoms with Crippen molar-refractivity contribution in [3.8, 4) is 5.75 Å². The number of nitrogens with zero attached hydrogens (tertiary/aromatic N) is 2. The van der Waals surface area contributed by atoms with Gasteiger partial charge in [0.2, 0.25) is 0 Å². The molecule has 0 amide bonds. The SMILES string of the molecule is CC[C@H](N)c1ccc(OCc2ncccn2)cc1. The molecule has 2 rings (SSSR count). The molecule has 0 aliphatic carbocycles. The van der Waals surface area contributed by atoms with E-state index in [4.69, 9.17) is 10.5 Å². The lowest BCUT2D eigenvalue weighted by Gasteiger charge is -2.10. The summed E-state index contributed by atoms with van der Waals surface area (Å²) in [6.07, 6.45) is 4.34. The molecule has 0 fully saturated rings. The van der Waals surface area contributed by atoms with Crippen LogP contribution in [0, 0.1) is 0 Å². The van der Waals surface area contributed by atoms with Crippen LogP contribution in [0.5, 0.6) is 5.75 Å². The van der Waals surface area contributed by atoms with Crippen molar-refractivity contribution in [2.45, 2.75) is 26.0 Å². The van der Waals surface area contributed by atoms with Crippen LogP contribution in [0.3, 0.4) is 0 Å². The first-order chi connectivity index (χ1) is 8.79. The van der Waals surface area contributed by atoms with Gasteiger partial charge in [-0.25, -0.2) is 9.97 Å². The summed E-state index contributed by atoms with van der Waals surface area (Å²) in [6.45, 7) is 2.45. The molecule has 18 heavy (non-hydrogen) atoms. The van der Waals surface area contributed by atoms with Gasteiger partial charge in [0, 0.05) is 18.4 Å². The summed E-state index contributed by atoms with van der Waals surface area (Å²) < 4.78 is 5.59. The van der Waals surface area contributed by atoms with E-state index < -0.39 is 0 Å². The first-order valence-corrected chi connectivity index (χ1v) is 6.04. The second-order valence-corrected chi connectivity index (χ2v) is 4.04. The third-order valence-electron chi connectivity index (χ3n) is 2.74. The van der Waals surface area contributed by atoms with Gasteiger partial charge >= 0.3 is 0 Å². The van der Waals surface area contributed by atoms with E-state index in [2.05, 4.69) is 16.9 Å². The van der Waals surface area contributed by atoms with Crippen molar-refractivity contribution in [2.75, 3.05) is 0 Å². The topological polar surface area (TPSA) is 61.0 Å². The predicted molar refractivity (Wildman–Crippen MR) is 70.0 cm³/mol. The molecule has 0 aliphatic rings. The van der Waals surface area contributed by atoms with Crippen molar-refractivity contribution in [1.29, 1.82) is 0 Å². The Morgan fingerprint density at radius 3 is 2.44 bits per heavy atom. The number of rotatable bonds is 5. The van der Waals surface area contributed by atoms with E-state index in [0.29, 0.717) is 12.4 Å². The second kappa shape index (κ2) is 6.12. The zero-order chi connectivity index (χ0) is 12.8. The molecule has 0 spiro atoms. The Labute approximate surface area is 107 Å². The summed E-state index contributed by atoms with van der Waals surface area (Å²) in [5.41, 5.74) is 7.07. The highest BCUT2D eigenvalue weighted by atomic mass is 16.5. The standard InChI is InChI=1S/C14H17N3O/c1-2-13(15)11-4-6-12(7-5-11)18-10-14-16-8-3-9-17-14/h3-9,13H,2,10,15H2,1H3/t13-/m0/s1. The lowest BCUT2D eigenvalue weighted by atomic mass is 10.1. The molecule has 4 nitrogen and oxygen atoms in total. The maximum absolute atomic E-state index is 5.95. The van der Waals surface area contributed by atoms with Crippen molar-refractivity contribution >= 4 is 0 Å². The Morgan fingerprint density at radius 2 is 1.83 bits per heavy atom. The average molecular weight is 243 g/mol. The molecule has 0 saturated carbocycles. The molecule has 94 valence electrons. The third kappa shape index (κ3) is 3.28. The molecular weight excluding hydrogens is 226 g/mol. The van der Waals surface area contributed by atoms with Crippen LogP contribution < -0.4 is 10.5 Å². The van der Waals surface area contributed by atoms with E-state index in [-0.39, 0.29) is 6.04 Å². The molecule has 0 unspecified atom stereocenters. The molecular formula is C14H17N3O. The predicted octanol–water partition coefficient (Wildman–Crippen LogP) is 2.47. The number of ether oxygens (including phenoxy) is 1. The highest BCUT2D eigenvalue weighted by Gasteiger charge is 2.03. The van der Waals surface area contributed by atoms with Crippen molar-refractivity contribution in [2.24, 2.45) is 5.73 Å². The fourth-order valence-electron chi connectivity index (χ4n) is 1.60. The molecule has 1 aromatic carbocycles. The number of nitrogens with two attached hydrogens (primary N) is 1. The van der Waals surface area contributed by atoms with E-state index in [9.17, 15) is 0 Å². The van der Waals surface area contributed by atoms with Crippen LogP contribution in [0.4, 0.5) is 0 Å². The van der Waals surface area contributed by atoms with Crippen molar-refractivity contribution in [3.63, 3.8) is 0 Å². The fraction of sp³-hybridized carbons (Fsp3) is 0.286. The Balaban J connectivity index is 1.94. The molecule has 1 aromatic heterocycles. The van der Waals surface area contributed by atoms with E-state index >= 15 is 0 Å². The van der Waals surface area contributed by atoms with Crippen LogP contribution in [0.25, 0.3) is 0 Å². The highest BCUT2D eigenvalue weighted by Crippen LogP contribution is 2.18. The Bertz CT molecular complexity index is 470. The van der Waals surface area contributed by atoms with Gasteiger partial charge in [-0.05, 0) is 30.2 Å². The van der Waals surface area contributed by atoms with Crippen molar-refractivity contribution < 1.29 is 4.74 Å². The maximum Gasteiger partial charge on any atom is 0.166 e. The number of hydrogen-bond donors (Lipinski definition) is 1. The highest BCUT2D eigenvalue weighted by molar-refractivity contribution is 5.29. The van der Waals surface area contributed by atoms with Gasteiger partial charge in [0.25, 0.3) is 0 Å². The summed E-state index contributed by atoms with van der Waals surface area (Å²) >= 11 is 0. The van der Waals surface area contributed by atoms with Crippen molar-refractivity contribution in [3.05, 3.63) is 54.1 Å². The first kappa shape index (κ1) is 12.5. The van der Waals surface area contributed by atoms with Gasteiger partial charge in [0.15, 0.2) is 5.82 Å². The third-order valence-corrected chi connectivity index (χ3v) is 2.74. The van der Waals surface area contributed by atoms with Gasteiger partial charge < -0.3 is 10.5 Å². The summed E-state index contributed by atoms with van der Waals surface area (Å²) in [4.78, 5) is 8.19. The van der Waals surface area contributed by atoms with Crippen LogP contribution in [0.1, 0.15) is 30.8 Å². The lowest BCUT2D eigenvalue weighted by molar-refractivity contribution is 0.295. The zero-order valence-corrected chi connectivity index (χ0v) is 10.4. The van der Waals surface area contributed by atoms with Gasteiger partial charge in [-0.3, -0.25) is 0 Å². The molecule has 1 atom stereocenters. The molecule has 0 saturated heterocycles. The van der Waals surface area contributed by atoms with Gasteiger partial charge in [0.05, 0.1) is 0 Å². The average Bonchev–Trinajstić information content (AvgIpc) is 2.46. The van der Waals surface area contributed by atoms with E-state index in [1.165, 1.54) is 0 Å². The molecule has 0 radical (unpaired) electrons. The van der Waals surface area contributed by atoms with Gasteiger partial charge in [-0.2, -0.15) is 0 Å². The summed E-state index contributed by atoms with van der Waals surface area (Å²) in [6, 6.07) is 9.72. The molecule has 0 aliphatic heterocycles. The van der Waals surface area contributed by atoms with Crippen LogP contribution in [-0.4, -0.2) is 9.97 Å². The van der Waals surface area contributed by atoms with Crippen molar-refractivity contribution in [1.82, 2.24) is 9.97 Å². The van der Waals surface area contributed by atoms with E-state index in [1.807, 2.05) is 24.3 Å². The quantitative estimate of drug-likeness (QED) is 0.876. The Kier molecular flexibility index (Phi) is 4.25. The van der Waals surface area contributed by atoms with Gasteiger partial charge in [-0.1, -0.05) is 19.1 Å². The smallest absolute Gasteiger partial charge is 0.166 e. The van der Waals surface area contributed by atoms with E-state index in [0.717, 1.165) is 17.7 Å². The maximum atomic E-state index is 5.95. The summed E-state index contributed by atoms with van der Waals surface area (Å²) in [7, 11) is 0. The largest absolute Gasteiger partial charge is 0.486 e. The normalized spacial score (nSPS) is 12.1. The molecule has 2 N–H and O–H groups in total. The van der Waals surface area contributed by atoms with Crippen LogP contribution in [-0.2, 0) is 6.61 Å².